The number of rotatable bonds is 5. The average Bonchev–Trinajstić information content (AvgIpc) is 3.16. The maximum absolute atomic E-state index is 13.6. The molecule has 7 heteroatoms. The second-order valence-electron chi connectivity index (χ2n) is 7.90. The molecule has 6 nitrogen and oxygen atoms in total. The molecule has 0 saturated carbocycles. The molecule has 1 aliphatic heterocycles. The Labute approximate surface area is 180 Å². The van der Waals surface area contributed by atoms with Gasteiger partial charge in [0.2, 0.25) is 0 Å². The molecule has 2 unspecified atom stereocenters. The van der Waals surface area contributed by atoms with E-state index in [0.717, 1.165) is 5.69 Å². The minimum absolute atomic E-state index is 0.00721. The molecular weight excluding hydrogens is 397 g/mol. The van der Waals surface area contributed by atoms with Crippen molar-refractivity contribution in [3.63, 3.8) is 0 Å². The highest BCUT2D eigenvalue weighted by Gasteiger charge is 2.38. The Morgan fingerprint density at radius 3 is 2.61 bits per heavy atom. The van der Waals surface area contributed by atoms with Gasteiger partial charge in [0.1, 0.15) is 17.4 Å². The maximum Gasteiger partial charge on any atom is 0.316 e. The van der Waals surface area contributed by atoms with Crippen molar-refractivity contribution in [1.29, 1.82) is 0 Å². The summed E-state index contributed by atoms with van der Waals surface area (Å²) in [6, 6.07) is 11.5. The third-order valence-electron chi connectivity index (χ3n) is 5.45. The van der Waals surface area contributed by atoms with Crippen LogP contribution in [0.1, 0.15) is 37.4 Å². The average molecular weight is 421 g/mol. The number of halogens is 1. The standard InChI is InChI=1S/C24H24FN3O3/c1-14(2)23-21(15(3)20-18(29)11-13-31-24(20)30)22(16-7-9-17(25)10-8-16)27-28(23)19-6-4-5-12-26-19/h4-10,12,14,18,20,29H,3,11,13H2,1-2H3. The molecule has 0 aliphatic carbocycles. The number of cyclic esters (lactones) is 1. The van der Waals surface area contributed by atoms with Crippen molar-refractivity contribution in [3.05, 3.63) is 72.3 Å². The first-order chi connectivity index (χ1) is 14.9. The smallest absolute Gasteiger partial charge is 0.316 e. The number of esters is 1. The highest BCUT2D eigenvalue weighted by molar-refractivity contribution is 5.93. The number of benzene rings is 1. The minimum Gasteiger partial charge on any atom is -0.465 e. The number of carbonyl (C=O) groups is 1. The molecule has 2 atom stereocenters. The van der Waals surface area contributed by atoms with E-state index in [1.807, 2.05) is 32.0 Å². The number of pyridine rings is 1. The van der Waals surface area contributed by atoms with Gasteiger partial charge in [-0.3, -0.25) is 4.79 Å². The maximum atomic E-state index is 13.6. The Morgan fingerprint density at radius 2 is 2.00 bits per heavy atom. The van der Waals surface area contributed by atoms with E-state index in [9.17, 15) is 14.3 Å². The molecule has 0 bridgehead atoms. The molecule has 31 heavy (non-hydrogen) atoms. The summed E-state index contributed by atoms with van der Waals surface area (Å²) in [7, 11) is 0. The number of ether oxygens (including phenoxy) is 1. The van der Waals surface area contributed by atoms with E-state index in [1.165, 1.54) is 12.1 Å². The number of hydrogen-bond donors (Lipinski definition) is 1. The van der Waals surface area contributed by atoms with Gasteiger partial charge in [-0.1, -0.05) is 26.5 Å². The van der Waals surface area contributed by atoms with Crippen LogP contribution < -0.4 is 0 Å². The molecular formula is C24H24FN3O3. The van der Waals surface area contributed by atoms with Crippen LogP contribution in [0.3, 0.4) is 0 Å². The lowest BCUT2D eigenvalue weighted by molar-refractivity contribution is -0.156. The van der Waals surface area contributed by atoms with E-state index in [1.54, 1.807) is 23.0 Å². The minimum atomic E-state index is -0.896. The Morgan fingerprint density at radius 1 is 1.26 bits per heavy atom. The van der Waals surface area contributed by atoms with Crippen LogP contribution in [0, 0.1) is 11.7 Å². The van der Waals surface area contributed by atoms with Crippen molar-refractivity contribution in [2.24, 2.45) is 5.92 Å². The second kappa shape index (κ2) is 8.43. The number of aliphatic hydroxyl groups excluding tert-OH is 1. The molecule has 2 aromatic heterocycles. The molecule has 0 amide bonds. The van der Waals surface area contributed by atoms with Gasteiger partial charge in [-0.05, 0) is 47.9 Å². The molecule has 4 rings (SSSR count). The van der Waals surface area contributed by atoms with E-state index < -0.39 is 18.0 Å². The zero-order valence-corrected chi connectivity index (χ0v) is 17.5. The molecule has 1 N–H and O–H groups in total. The van der Waals surface area contributed by atoms with Crippen LogP contribution in [0.5, 0.6) is 0 Å². The predicted molar refractivity (Wildman–Crippen MR) is 115 cm³/mol. The van der Waals surface area contributed by atoms with Crippen molar-refractivity contribution in [1.82, 2.24) is 14.8 Å². The van der Waals surface area contributed by atoms with Crippen LogP contribution in [0.15, 0.2) is 55.2 Å². The first-order valence-corrected chi connectivity index (χ1v) is 10.2. The van der Waals surface area contributed by atoms with Crippen LogP contribution in [0.25, 0.3) is 22.6 Å². The van der Waals surface area contributed by atoms with Gasteiger partial charge in [0, 0.05) is 23.7 Å². The van der Waals surface area contributed by atoms with Crippen molar-refractivity contribution >= 4 is 11.5 Å². The van der Waals surface area contributed by atoms with Gasteiger partial charge in [-0.2, -0.15) is 5.10 Å². The topological polar surface area (TPSA) is 77.2 Å². The summed E-state index contributed by atoms with van der Waals surface area (Å²) in [5.41, 5.74) is 3.10. The Kier molecular flexibility index (Phi) is 5.69. The van der Waals surface area contributed by atoms with Gasteiger partial charge in [0.05, 0.1) is 18.4 Å². The van der Waals surface area contributed by atoms with E-state index in [0.29, 0.717) is 34.6 Å². The largest absolute Gasteiger partial charge is 0.465 e. The van der Waals surface area contributed by atoms with Gasteiger partial charge < -0.3 is 9.84 Å². The first kappa shape index (κ1) is 20.9. The highest BCUT2D eigenvalue weighted by Crippen LogP contribution is 2.40. The van der Waals surface area contributed by atoms with E-state index in [-0.39, 0.29) is 18.3 Å². The molecule has 1 fully saturated rings. The van der Waals surface area contributed by atoms with Crippen LogP contribution in [0.4, 0.5) is 4.39 Å². The molecule has 1 aromatic carbocycles. The van der Waals surface area contributed by atoms with Crippen molar-refractivity contribution in [3.8, 4) is 17.1 Å². The van der Waals surface area contributed by atoms with Crippen molar-refractivity contribution < 1.29 is 19.0 Å². The van der Waals surface area contributed by atoms with Crippen LogP contribution in [-0.2, 0) is 9.53 Å². The van der Waals surface area contributed by atoms with Crippen molar-refractivity contribution in [2.45, 2.75) is 32.3 Å². The SMILES string of the molecule is C=C(c1c(-c2ccc(F)cc2)nn(-c2ccccn2)c1C(C)C)C1C(=O)OCCC1O. The lowest BCUT2D eigenvalue weighted by atomic mass is 9.83. The Balaban J connectivity index is 1.96. The summed E-state index contributed by atoms with van der Waals surface area (Å²) in [6.45, 7) is 8.40. The van der Waals surface area contributed by atoms with E-state index >= 15 is 0 Å². The van der Waals surface area contributed by atoms with Gasteiger partial charge >= 0.3 is 5.97 Å². The Hall–Kier alpha value is -3.32. The third-order valence-corrected chi connectivity index (χ3v) is 5.45. The number of carbonyl (C=O) groups excluding carboxylic acids is 1. The molecule has 1 aliphatic rings. The second-order valence-corrected chi connectivity index (χ2v) is 7.90. The molecule has 0 spiro atoms. The zero-order valence-electron chi connectivity index (χ0n) is 17.5. The van der Waals surface area contributed by atoms with E-state index in [4.69, 9.17) is 9.84 Å². The lowest BCUT2D eigenvalue weighted by Gasteiger charge is -2.28. The molecule has 3 aromatic rings. The summed E-state index contributed by atoms with van der Waals surface area (Å²) >= 11 is 0. The van der Waals surface area contributed by atoms with Crippen LogP contribution in [-0.4, -0.2) is 38.6 Å². The quantitative estimate of drug-likeness (QED) is 0.627. The zero-order chi connectivity index (χ0) is 22.1. The fourth-order valence-electron chi connectivity index (χ4n) is 3.97. The fourth-order valence-corrected chi connectivity index (χ4v) is 3.97. The molecule has 0 radical (unpaired) electrons. The molecule has 160 valence electrons. The predicted octanol–water partition coefficient (Wildman–Crippen LogP) is 4.13. The van der Waals surface area contributed by atoms with Crippen molar-refractivity contribution in [2.75, 3.05) is 6.61 Å². The fraction of sp³-hybridized carbons (Fsp3) is 0.292. The summed E-state index contributed by atoms with van der Waals surface area (Å²) < 4.78 is 20.5. The highest BCUT2D eigenvalue weighted by atomic mass is 19.1. The number of hydrogen-bond acceptors (Lipinski definition) is 5. The lowest BCUT2D eigenvalue weighted by Crippen LogP contribution is -2.37. The number of aromatic nitrogens is 3. The molecule has 3 heterocycles. The summed E-state index contributed by atoms with van der Waals surface area (Å²) in [4.78, 5) is 17.0. The number of nitrogens with zero attached hydrogens (tertiary/aromatic N) is 3. The normalized spacial score (nSPS) is 18.8. The first-order valence-electron chi connectivity index (χ1n) is 10.2. The number of aliphatic hydroxyl groups is 1. The Bertz CT molecular complexity index is 1110. The van der Waals surface area contributed by atoms with E-state index in [2.05, 4.69) is 11.6 Å². The van der Waals surface area contributed by atoms with Gasteiger partial charge in [-0.25, -0.2) is 14.1 Å². The molecule has 1 saturated heterocycles. The van der Waals surface area contributed by atoms with Gasteiger partial charge in [0.25, 0.3) is 0 Å². The van der Waals surface area contributed by atoms with Crippen LogP contribution in [0.2, 0.25) is 0 Å². The van der Waals surface area contributed by atoms with Gasteiger partial charge in [0.15, 0.2) is 5.82 Å². The van der Waals surface area contributed by atoms with Crippen LogP contribution >= 0.6 is 0 Å². The summed E-state index contributed by atoms with van der Waals surface area (Å²) in [5, 5.41) is 15.4. The third kappa shape index (κ3) is 3.88. The summed E-state index contributed by atoms with van der Waals surface area (Å²) in [5.74, 6) is -1.16. The van der Waals surface area contributed by atoms with Gasteiger partial charge in [-0.15, -0.1) is 0 Å². The monoisotopic (exact) mass is 421 g/mol. The summed E-state index contributed by atoms with van der Waals surface area (Å²) in [6.07, 6.45) is 1.12.